The molecular formula is C13H22N4O3. The third-order valence-electron chi connectivity index (χ3n) is 3.48. The van der Waals surface area contributed by atoms with Crippen LogP contribution in [0.2, 0.25) is 0 Å². The summed E-state index contributed by atoms with van der Waals surface area (Å²) in [5.41, 5.74) is 5.34. The molecule has 1 aliphatic rings. The molecule has 1 unspecified atom stereocenters. The van der Waals surface area contributed by atoms with Gasteiger partial charge in [0.05, 0.1) is 6.61 Å². The van der Waals surface area contributed by atoms with Crippen molar-refractivity contribution in [1.29, 1.82) is 0 Å². The average molecular weight is 282 g/mol. The maximum Gasteiger partial charge on any atom is 0.330 e. The van der Waals surface area contributed by atoms with E-state index >= 15 is 0 Å². The van der Waals surface area contributed by atoms with Crippen LogP contribution in [-0.2, 0) is 11.3 Å². The zero-order valence-electron chi connectivity index (χ0n) is 11.8. The monoisotopic (exact) mass is 282 g/mol. The standard InChI is InChI=1S/C13H22N4O3/c1-2-3-6-17-11(14)10(12(18)16-13(17)19)15-9-5-4-7-20-8-9/h9,15H,2-8,14H2,1H3,(H,16,18,19). The lowest BCUT2D eigenvalue weighted by Crippen LogP contribution is -2.38. The number of anilines is 2. The van der Waals surface area contributed by atoms with Crippen LogP contribution in [0.15, 0.2) is 9.59 Å². The molecule has 1 aromatic rings. The molecule has 20 heavy (non-hydrogen) atoms. The molecule has 1 saturated heterocycles. The summed E-state index contributed by atoms with van der Waals surface area (Å²) in [6.45, 7) is 3.84. The van der Waals surface area contributed by atoms with Crippen LogP contribution in [0, 0.1) is 0 Å². The van der Waals surface area contributed by atoms with Crippen LogP contribution in [0.3, 0.4) is 0 Å². The number of aromatic amines is 1. The second kappa shape index (κ2) is 6.60. The third kappa shape index (κ3) is 3.22. The Labute approximate surface area is 117 Å². The van der Waals surface area contributed by atoms with E-state index in [0.717, 1.165) is 32.3 Å². The first kappa shape index (κ1) is 14.6. The Morgan fingerprint density at radius 1 is 1.50 bits per heavy atom. The van der Waals surface area contributed by atoms with Gasteiger partial charge in [-0.1, -0.05) is 13.3 Å². The number of nitrogens with zero attached hydrogens (tertiary/aromatic N) is 1. The van der Waals surface area contributed by atoms with Crippen LogP contribution in [0.5, 0.6) is 0 Å². The summed E-state index contributed by atoms with van der Waals surface area (Å²) < 4.78 is 6.78. The van der Waals surface area contributed by atoms with Crippen LogP contribution in [0.4, 0.5) is 11.5 Å². The molecule has 7 heteroatoms. The van der Waals surface area contributed by atoms with Gasteiger partial charge in [-0.3, -0.25) is 14.3 Å². The molecule has 1 aliphatic heterocycles. The first-order valence-corrected chi connectivity index (χ1v) is 7.10. The molecule has 112 valence electrons. The Bertz CT molecular complexity index is 558. The van der Waals surface area contributed by atoms with Crippen molar-refractivity contribution < 1.29 is 4.74 Å². The van der Waals surface area contributed by atoms with E-state index in [0.29, 0.717) is 13.2 Å². The summed E-state index contributed by atoms with van der Waals surface area (Å²) in [6, 6.07) is 0.0595. The number of H-pyrrole nitrogens is 1. The van der Waals surface area contributed by atoms with Crippen molar-refractivity contribution in [3.8, 4) is 0 Å². The molecule has 4 N–H and O–H groups in total. The van der Waals surface area contributed by atoms with Crippen molar-refractivity contribution in [1.82, 2.24) is 9.55 Å². The van der Waals surface area contributed by atoms with Gasteiger partial charge in [0.15, 0.2) is 0 Å². The normalized spacial score (nSPS) is 18.9. The highest BCUT2D eigenvalue weighted by Crippen LogP contribution is 2.16. The fraction of sp³-hybridized carbons (Fsp3) is 0.692. The van der Waals surface area contributed by atoms with Gasteiger partial charge in [-0.05, 0) is 19.3 Å². The first-order chi connectivity index (χ1) is 9.63. The van der Waals surface area contributed by atoms with Crippen LogP contribution >= 0.6 is 0 Å². The molecule has 0 radical (unpaired) electrons. The topological polar surface area (TPSA) is 102 Å². The highest BCUT2D eigenvalue weighted by atomic mass is 16.5. The number of nitrogens with two attached hydrogens (primary N) is 1. The minimum atomic E-state index is -0.467. The molecule has 7 nitrogen and oxygen atoms in total. The van der Waals surface area contributed by atoms with Crippen molar-refractivity contribution in [2.45, 2.75) is 45.2 Å². The maximum absolute atomic E-state index is 11.9. The second-order valence-electron chi connectivity index (χ2n) is 5.08. The van der Waals surface area contributed by atoms with Gasteiger partial charge in [-0.25, -0.2) is 4.79 Å². The predicted molar refractivity (Wildman–Crippen MR) is 78.1 cm³/mol. The minimum absolute atomic E-state index is 0.0595. The lowest BCUT2D eigenvalue weighted by Gasteiger charge is -2.24. The molecule has 2 rings (SSSR count). The molecule has 0 saturated carbocycles. The van der Waals surface area contributed by atoms with Gasteiger partial charge in [0.25, 0.3) is 5.56 Å². The van der Waals surface area contributed by atoms with E-state index in [-0.39, 0.29) is 17.5 Å². The average Bonchev–Trinajstić information content (AvgIpc) is 2.44. The van der Waals surface area contributed by atoms with Crippen molar-refractivity contribution in [2.24, 2.45) is 0 Å². The van der Waals surface area contributed by atoms with E-state index < -0.39 is 11.2 Å². The summed E-state index contributed by atoms with van der Waals surface area (Å²) in [5.74, 6) is 0.206. The highest BCUT2D eigenvalue weighted by Gasteiger charge is 2.18. The lowest BCUT2D eigenvalue weighted by molar-refractivity contribution is 0.0876. The van der Waals surface area contributed by atoms with Gasteiger partial charge in [0.1, 0.15) is 11.5 Å². The number of aromatic nitrogens is 2. The zero-order valence-corrected chi connectivity index (χ0v) is 11.8. The molecule has 1 fully saturated rings. The van der Waals surface area contributed by atoms with E-state index in [2.05, 4.69) is 10.3 Å². The Balaban J connectivity index is 2.26. The van der Waals surface area contributed by atoms with Crippen molar-refractivity contribution in [2.75, 3.05) is 24.3 Å². The number of ether oxygens (including phenoxy) is 1. The van der Waals surface area contributed by atoms with E-state index in [1.54, 1.807) is 0 Å². The minimum Gasteiger partial charge on any atom is -0.383 e. The molecule has 0 aliphatic carbocycles. The van der Waals surface area contributed by atoms with Gasteiger partial charge in [0, 0.05) is 19.2 Å². The molecular weight excluding hydrogens is 260 g/mol. The van der Waals surface area contributed by atoms with Crippen molar-refractivity contribution in [3.63, 3.8) is 0 Å². The number of hydrogen-bond donors (Lipinski definition) is 3. The maximum atomic E-state index is 11.9. The number of hydrogen-bond acceptors (Lipinski definition) is 5. The van der Waals surface area contributed by atoms with Gasteiger partial charge in [0.2, 0.25) is 0 Å². The van der Waals surface area contributed by atoms with E-state index in [9.17, 15) is 9.59 Å². The predicted octanol–water partition coefficient (Wildman–Crippen LogP) is 0.510. The molecule has 0 amide bonds. The SMILES string of the molecule is CCCCn1c(N)c(NC2CCCOC2)c(=O)[nH]c1=O. The number of nitrogens with one attached hydrogen (secondary N) is 2. The number of unbranched alkanes of at least 4 members (excludes halogenated alkanes) is 1. The largest absolute Gasteiger partial charge is 0.383 e. The van der Waals surface area contributed by atoms with E-state index in [1.807, 2.05) is 6.92 Å². The van der Waals surface area contributed by atoms with Crippen LogP contribution < -0.4 is 22.3 Å². The van der Waals surface area contributed by atoms with Gasteiger partial charge in [-0.2, -0.15) is 0 Å². The van der Waals surface area contributed by atoms with Crippen LogP contribution in [0.1, 0.15) is 32.6 Å². The van der Waals surface area contributed by atoms with E-state index in [1.165, 1.54) is 4.57 Å². The van der Waals surface area contributed by atoms with Crippen molar-refractivity contribution in [3.05, 3.63) is 20.8 Å². The third-order valence-corrected chi connectivity index (χ3v) is 3.48. The number of nitrogen functional groups attached to an aromatic ring is 1. The van der Waals surface area contributed by atoms with Gasteiger partial charge in [-0.15, -0.1) is 0 Å². The summed E-state index contributed by atoms with van der Waals surface area (Å²) in [7, 11) is 0. The Kier molecular flexibility index (Phi) is 4.84. The Morgan fingerprint density at radius 2 is 2.30 bits per heavy atom. The Hall–Kier alpha value is -1.76. The molecule has 0 aromatic carbocycles. The molecule has 0 bridgehead atoms. The van der Waals surface area contributed by atoms with Crippen LogP contribution in [-0.4, -0.2) is 28.8 Å². The summed E-state index contributed by atoms with van der Waals surface area (Å²) in [4.78, 5) is 26.0. The summed E-state index contributed by atoms with van der Waals surface area (Å²) in [6.07, 6.45) is 3.66. The van der Waals surface area contributed by atoms with Crippen molar-refractivity contribution >= 4 is 11.5 Å². The zero-order chi connectivity index (χ0) is 14.5. The molecule has 1 atom stereocenters. The smallest absolute Gasteiger partial charge is 0.330 e. The van der Waals surface area contributed by atoms with E-state index in [4.69, 9.17) is 10.5 Å². The van der Waals surface area contributed by atoms with Crippen LogP contribution in [0.25, 0.3) is 0 Å². The van der Waals surface area contributed by atoms with Gasteiger partial charge < -0.3 is 15.8 Å². The summed E-state index contributed by atoms with van der Waals surface area (Å²) >= 11 is 0. The van der Waals surface area contributed by atoms with Gasteiger partial charge >= 0.3 is 5.69 Å². The highest BCUT2D eigenvalue weighted by molar-refractivity contribution is 5.60. The molecule has 2 heterocycles. The fourth-order valence-electron chi connectivity index (χ4n) is 2.32. The fourth-order valence-corrected chi connectivity index (χ4v) is 2.32. The molecule has 1 aromatic heterocycles. The summed E-state index contributed by atoms with van der Waals surface area (Å²) in [5, 5.41) is 3.11. The Morgan fingerprint density at radius 3 is 2.95 bits per heavy atom. The number of rotatable bonds is 5. The first-order valence-electron chi connectivity index (χ1n) is 7.10. The molecule has 0 spiro atoms. The lowest BCUT2D eigenvalue weighted by atomic mass is 10.1. The quantitative estimate of drug-likeness (QED) is 0.730. The second-order valence-corrected chi connectivity index (χ2v) is 5.08.